The number of hydrogen-bond donors (Lipinski definition) is 0. The molecule has 2 heterocycles. The number of nitrogens with zero attached hydrogens (tertiary/aromatic N) is 2. The number of carbonyl (C=O) groups is 1. The van der Waals surface area contributed by atoms with Gasteiger partial charge in [0.05, 0.1) is 37.3 Å². The molecule has 0 N–H and O–H groups in total. The highest BCUT2D eigenvalue weighted by Gasteiger charge is 2.48. The van der Waals surface area contributed by atoms with Crippen LogP contribution in [0.4, 0.5) is 0 Å². The lowest BCUT2D eigenvalue weighted by molar-refractivity contribution is 0.0330. The van der Waals surface area contributed by atoms with Gasteiger partial charge in [-0.05, 0) is 31.2 Å². The van der Waals surface area contributed by atoms with Crippen molar-refractivity contribution in [2.45, 2.75) is 25.4 Å². The Morgan fingerprint density at radius 1 is 1.15 bits per heavy atom. The third kappa shape index (κ3) is 3.53. The molecule has 2 aliphatic heterocycles. The van der Waals surface area contributed by atoms with Gasteiger partial charge in [-0.25, -0.2) is 8.42 Å². The summed E-state index contributed by atoms with van der Waals surface area (Å²) in [6.07, 6.45) is 0.959. The highest BCUT2D eigenvalue weighted by molar-refractivity contribution is 7.91. The summed E-state index contributed by atoms with van der Waals surface area (Å²) in [5, 5.41) is 0. The molecule has 8 heteroatoms. The molecule has 0 radical (unpaired) electrons. The molecule has 0 aromatic heterocycles. The number of carbonyl (C=O) groups excluding carboxylic acids is 1. The zero-order valence-corrected chi connectivity index (χ0v) is 16.3. The van der Waals surface area contributed by atoms with E-state index in [1.54, 1.807) is 30.2 Å². The van der Waals surface area contributed by atoms with Gasteiger partial charge in [0.25, 0.3) is 5.91 Å². The van der Waals surface area contributed by atoms with Crippen LogP contribution in [0.3, 0.4) is 0 Å². The molecule has 0 unspecified atom stereocenters. The van der Waals surface area contributed by atoms with Gasteiger partial charge in [0.15, 0.2) is 9.84 Å². The Kier molecular flexibility index (Phi) is 5.43. The van der Waals surface area contributed by atoms with Gasteiger partial charge in [-0.15, -0.1) is 0 Å². The Labute approximate surface area is 154 Å². The first-order chi connectivity index (χ1) is 12.4. The lowest BCUT2D eigenvalue weighted by Gasteiger charge is -2.44. The Morgan fingerprint density at radius 2 is 1.88 bits per heavy atom. The van der Waals surface area contributed by atoms with Crippen molar-refractivity contribution in [1.29, 1.82) is 0 Å². The quantitative estimate of drug-likeness (QED) is 0.757. The van der Waals surface area contributed by atoms with Gasteiger partial charge in [0.1, 0.15) is 11.5 Å². The van der Waals surface area contributed by atoms with Crippen molar-refractivity contribution in [3.05, 3.63) is 23.8 Å². The average molecular weight is 382 g/mol. The zero-order chi connectivity index (χ0) is 18.9. The van der Waals surface area contributed by atoms with E-state index in [0.29, 0.717) is 30.2 Å². The zero-order valence-electron chi connectivity index (χ0n) is 15.5. The molecule has 7 nitrogen and oxygen atoms in total. The second-order valence-corrected chi connectivity index (χ2v) is 8.97. The summed E-state index contributed by atoms with van der Waals surface area (Å²) in [4.78, 5) is 17.2. The Balaban J connectivity index is 1.93. The van der Waals surface area contributed by atoms with Crippen LogP contribution in [0, 0.1) is 0 Å². The van der Waals surface area contributed by atoms with Gasteiger partial charge in [0, 0.05) is 19.1 Å². The van der Waals surface area contributed by atoms with Crippen molar-refractivity contribution in [3.8, 4) is 11.5 Å². The van der Waals surface area contributed by atoms with Crippen LogP contribution in [0.2, 0.25) is 0 Å². The maximum Gasteiger partial charge on any atom is 0.258 e. The van der Waals surface area contributed by atoms with Gasteiger partial charge in [-0.1, -0.05) is 6.92 Å². The molecule has 26 heavy (non-hydrogen) atoms. The van der Waals surface area contributed by atoms with Crippen molar-refractivity contribution in [3.63, 3.8) is 0 Å². The minimum atomic E-state index is -3.15. The van der Waals surface area contributed by atoms with Crippen LogP contribution in [-0.2, 0) is 9.84 Å². The van der Waals surface area contributed by atoms with Gasteiger partial charge in [0.2, 0.25) is 0 Å². The number of methoxy groups -OCH3 is 2. The lowest BCUT2D eigenvalue weighted by Crippen LogP contribution is -2.60. The number of fused-ring (bicyclic) bond motifs is 1. The van der Waals surface area contributed by atoms with Gasteiger partial charge in [-0.2, -0.15) is 0 Å². The number of amides is 1. The van der Waals surface area contributed by atoms with Crippen LogP contribution in [0.15, 0.2) is 18.2 Å². The molecule has 0 saturated carbocycles. The molecule has 144 valence electrons. The van der Waals surface area contributed by atoms with E-state index in [0.717, 1.165) is 13.0 Å². The fourth-order valence-electron chi connectivity index (χ4n) is 3.98. The fourth-order valence-corrected chi connectivity index (χ4v) is 5.99. The van der Waals surface area contributed by atoms with Crippen molar-refractivity contribution in [1.82, 2.24) is 9.80 Å². The molecule has 2 atom stereocenters. The molecule has 0 aliphatic carbocycles. The maximum atomic E-state index is 13.2. The standard InChI is InChI=1S/C18H26N2O5S/c1-4-7-19-8-9-20(16-12-26(22,23)11-15(16)19)18(21)14-10-13(24-2)5-6-17(14)25-3/h5-6,10,15-16H,4,7-9,11-12H2,1-3H3/t15-,16+/m0/s1. The topological polar surface area (TPSA) is 76.2 Å². The second-order valence-electron chi connectivity index (χ2n) is 6.81. The minimum Gasteiger partial charge on any atom is -0.497 e. The lowest BCUT2D eigenvalue weighted by atomic mass is 10.0. The summed E-state index contributed by atoms with van der Waals surface area (Å²) in [7, 11) is -0.0934. The average Bonchev–Trinajstić information content (AvgIpc) is 2.96. The molecule has 1 aromatic rings. The minimum absolute atomic E-state index is 0.0237. The van der Waals surface area contributed by atoms with Crippen molar-refractivity contribution in [2.75, 3.05) is 45.4 Å². The van der Waals surface area contributed by atoms with Gasteiger partial charge < -0.3 is 14.4 Å². The first kappa shape index (κ1) is 19.0. The number of sulfone groups is 1. The van der Waals surface area contributed by atoms with E-state index >= 15 is 0 Å². The molecule has 2 fully saturated rings. The summed E-state index contributed by atoms with van der Waals surface area (Å²) < 4.78 is 35.1. The van der Waals surface area contributed by atoms with Crippen LogP contribution in [0.25, 0.3) is 0 Å². The number of hydrogen-bond acceptors (Lipinski definition) is 6. The van der Waals surface area contributed by atoms with Crippen molar-refractivity contribution < 1.29 is 22.7 Å². The molecule has 1 amide bonds. The van der Waals surface area contributed by atoms with Crippen molar-refractivity contribution >= 4 is 15.7 Å². The van der Waals surface area contributed by atoms with Gasteiger partial charge >= 0.3 is 0 Å². The van der Waals surface area contributed by atoms with Crippen LogP contribution in [0.1, 0.15) is 23.7 Å². The van der Waals surface area contributed by atoms with Crippen LogP contribution in [0.5, 0.6) is 11.5 Å². The molecular formula is C18H26N2O5S. The molecule has 1 aromatic carbocycles. The monoisotopic (exact) mass is 382 g/mol. The summed E-state index contributed by atoms with van der Waals surface area (Å²) in [5.41, 5.74) is 0.402. The number of rotatable bonds is 5. The smallest absolute Gasteiger partial charge is 0.258 e. The third-order valence-corrected chi connectivity index (χ3v) is 6.90. The van der Waals surface area contributed by atoms with E-state index in [2.05, 4.69) is 11.8 Å². The van der Waals surface area contributed by atoms with Crippen LogP contribution < -0.4 is 9.47 Å². The van der Waals surface area contributed by atoms with E-state index in [9.17, 15) is 13.2 Å². The van der Waals surface area contributed by atoms with Gasteiger partial charge in [-0.3, -0.25) is 9.69 Å². The Hall–Kier alpha value is -1.80. The molecule has 0 spiro atoms. The van der Waals surface area contributed by atoms with Crippen LogP contribution in [-0.4, -0.2) is 81.6 Å². The van der Waals surface area contributed by atoms with E-state index < -0.39 is 9.84 Å². The van der Waals surface area contributed by atoms with Crippen LogP contribution >= 0.6 is 0 Å². The van der Waals surface area contributed by atoms with E-state index in [1.807, 2.05) is 0 Å². The first-order valence-electron chi connectivity index (χ1n) is 8.87. The predicted molar refractivity (Wildman–Crippen MR) is 98.7 cm³/mol. The molecular weight excluding hydrogens is 356 g/mol. The normalized spacial score (nSPS) is 25.0. The second kappa shape index (κ2) is 7.44. The molecule has 2 aliphatic rings. The van der Waals surface area contributed by atoms with E-state index in [1.165, 1.54) is 7.11 Å². The highest BCUT2D eigenvalue weighted by Crippen LogP contribution is 2.31. The Bertz CT molecular complexity index is 780. The number of piperazine rings is 1. The summed E-state index contributed by atoms with van der Waals surface area (Å²) in [5.74, 6) is 0.967. The third-order valence-electron chi connectivity index (χ3n) is 5.20. The molecule has 0 bridgehead atoms. The maximum absolute atomic E-state index is 13.2. The fraction of sp³-hybridized carbons (Fsp3) is 0.611. The molecule has 3 rings (SSSR count). The summed E-state index contributed by atoms with van der Waals surface area (Å²) >= 11 is 0. The number of ether oxygens (including phenoxy) is 2. The van der Waals surface area contributed by atoms with E-state index in [-0.39, 0.29) is 29.5 Å². The molecule has 2 saturated heterocycles. The van der Waals surface area contributed by atoms with Crippen molar-refractivity contribution in [2.24, 2.45) is 0 Å². The van der Waals surface area contributed by atoms with E-state index in [4.69, 9.17) is 9.47 Å². The SMILES string of the molecule is CCCN1CCN(C(=O)c2cc(OC)ccc2OC)[C@@H]2CS(=O)(=O)C[C@@H]21. The highest BCUT2D eigenvalue weighted by atomic mass is 32.2. The largest absolute Gasteiger partial charge is 0.497 e. The Morgan fingerprint density at radius 3 is 2.54 bits per heavy atom. The predicted octanol–water partition coefficient (Wildman–Crippen LogP) is 1.04. The first-order valence-corrected chi connectivity index (χ1v) is 10.7. The summed E-state index contributed by atoms with van der Waals surface area (Å²) in [6, 6.07) is 4.63. The number of benzene rings is 1. The summed E-state index contributed by atoms with van der Waals surface area (Å²) in [6.45, 7) is 4.12.